The molecule has 0 spiro atoms. The molecule has 1 saturated carbocycles. The molecule has 6 atom stereocenters. The van der Waals surface area contributed by atoms with Gasteiger partial charge in [0.1, 0.15) is 18.4 Å². The van der Waals surface area contributed by atoms with Crippen molar-refractivity contribution < 1.29 is 41.8 Å². The molecule has 2 aliphatic rings. The third-order valence-corrected chi connectivity index (χ3v) is 8.95. The minimum absolute atomic E-state index is 0.0443. The third-order valence-electron chi connectivity index (χ3n) is 7.33. The van der Waals surface area contributed by atoms with Crippen molar-refractivity contribution in [3.05, 3.63) is 36.7 Å². The number of alkyl halides is 2. The molecule has 3 aromatic rings. The number of ether oxygens (including phenoxy) is 2. The van der Waals surface area contributed by atoms with Crippen LogP contribution in [0.25, 0.3) is 11.2 Å². The van der Waals surface area contributed by atoms with E-state index in [1.165, 1.54) is 25.4 Å². The van der Waals surface area contributed by atoms with Crippen molar-refractivity contribution in [1.29, 1.82) is 0 Å². The molecule has 0 radical (unpaired) electrons. The number of fused-ring (bicyclic) bond motifs is 1. The van der Waals surface area contributed by atoms with E-state index in [1.54, 1.807) is 32.0 Å². The molecule has 3 heterocycles. The summed E-state index contributed by atoms with van der Waals surface area (Å²) >= 11 is 0. The fourth-order valence-corrected chi connectivity index (χ4v) is 6.33. The summed E-state index contributed by atoms with van der Waals surface area (Å²) in [6.07, 6.45) is -0.601. The number of imidazole rings is 1. The van der Waals surface area contributed by atoms with E-state index in [2.05, 4.69) is 25.4 Å². The quantitative estimate of drug-likeness (QED) is 0.166. The van der Waals surface area contributed by atoms with Gasteiger partial charge in [0.2, 0.25) is 5.95 Å². The van der Waals surface area contributed by atoms with Crippen molar-refractivity contribution >= 4 is 36.6 Å². The number of nitrogens with zero attached hydrogens (tertiary/aromatic N) is 4. The fraction of sp³-hybridized carbons (Fsp3) is 0.556. The van der Waals surface area contributed by atoms with Gasteiger partial charge < -0.3 is 30.2 Å². The van der Waals surface area contributed by atoms with Crippen LogP contribution in [0.1, 0.15) is 53.2 Å². The van der Waals surface area contributed by atoms with Crippen LogP contribution in [0.15, 0.2) is 36.7 Å². The van der Waals surface area contributed by atoms with Crippen molar-refractivity contribution in [3.8, 4) is 5.75 Å². The van der Waals surface area contributed by atoms with Crippen LogP contribution < -0.4 is 20.7 Å². The molecule has 1 saturated heterocycles. The number of para-hydroxylation sites is 1. The summed E-state index contributed by atoms with van der Waals surface area (Å²) in [7, 11) is -4.57. The molecule has 17 heteroatoms. The monoisotopic (exact) mass is 639 g/mol. The zero-order chi connectivity index (χ0) is 31.9. The molecule has 2 aromatic heterocycles. The van der Waals surface area contributed by atoms with Crippen LogP contribution in [0.3, 0.4) is 0 Å². The fourth-order valence-electron chi connectivity index (χ4n) is 4.82. The van der Waals surface area contributed by atoms with Gasteiger partial charge in [0, 0.05) is 6.04 Å². The van der Waals surface area contributed by atoms with Crippen LogP contribution in [0.2, 0.25) is 0 Å². The van der Waals surface area contributed by atoms with Gasteiger partial charge in [0.25, 0.3) is 5.85 Å². The van der Waals surface area contributed by atoms with Gasteiger partial charge in [0.15, 0.2) is 35.0 Å². The van der Waals surface area contributed by atoms with Gasteiger partial charge in [-0.3, -0.25) is 13.9 Å². The predicted molar refractivity (Wildman–Crippen MR) is 155 cm³/mol. The Morgan fingerprint density at radius 1 is 1.25 bits per heavy atom. The van der Waals surface area contributed by atoms with Crippen molar-refractivity contribution in [3.63, 3.8) is 0 Å². The largest absolute Gasteiger partial charge is 0.462 e. The first kappa shape index (κ1) is 32.0. The van der Waals surface area contributed by atoms with Crippen LogP contribution in [0, 0.1) is 0 Å². The minimum atomic E-state index is -4.57. The Morgan fingerprint density at radius 3 is 2.59 bits per heavy atom. The number of nitrogens with two attached hydrogens (primary N) is 1. The zero-order valence-corrected chi connectivity index (χ0v) is 25.5. The molecule has 0 amide bonds. The second-order valence-corrected chi connectivity index (χ2v) is 13.0. The number of aliphatic hydroxyl groups excluding tert-OH is 1. The van der Waals surface area contributed by atoms with Crippen molar-refractivity contribution in [1.82, 2.24) is 24.6 Å². The van der Waals surface area contributed by atoms with Crippen LogP contribution in [0.4, 0.5) is 20.5 Å². The molecule has 1 aliphatic carbocycles. The highest BCUT2D eigenvalue weighted by Gasteiger charge is 2.65. The van der Waals surface area contributed by atoms with E-state index >= 15 is 8.78 Å². The number of carbonyl (C=O) groups excluding carboxylic acids is 1. The number of nitrogens with one attached hydrogen (secondary N) is 2. The zero-order valence-electron chi connectivity index (χ0n) is 24.6. The summed E-state index contributed by atoms with van der Waals surface area (Å²) in [6.45, 7) is 4.29. The number of esters is 1. The van der Waals surface area contributed by atoms with Crippen LogP contribution in [-0.4, -0.2) is 73.0 Å². The number of carbonyl (C=O) groups is 1. The lowest BCUT2D eigenvalue weighted by Gasteiger charge is -2.28. The van der Waals surface area contributed by atoms with Crippen LogP contribution in [0.5, 0.6) is 5.75 Å². The molecular weight excluding hydrogens is 603 g/mol. The van der Waals surface area contributed by atoms with Gasteiger partial charge in [0.05, 0.1) is 12.4 Å². The normalized spacial score (nSPS) is 27.5. The molecule has 1 aliphatic heterocycles. The van der Waals surface area contributed by atoms with Crippen LogP contribution in [-0.2, 0) is 23.4 Å². The highest BCUT2D eigenvalue weighted by Crippen LogP contribution is 2.52. The Kier molecular flexibility index (Phi) is 8.84. The van der Waals surface area contributed by atoms with Gasteiger partial charge in [-0.15, -0.1) is 0 Å². The van der Waals surface area contributed by atoms with Gasteiger partial charge in [-0.2, -0.15) is 15.1 Å². The molecular formula is C27H36F2N7O7P. The molecule has 2 fully saturated rings. The summed E-state index contributed by atoms with van der Waals surface area (Å²) in [5, 5.41) is 16.5. The Morgan fingerprint density at radius 2 is 1.95 bits per heavy atom. The maximum atomic E-state index is 16.3. The maximum Gasteiger partial charge on any atom is 0.459 e. The Bertz CT molecular complexity index is 1540. The Hall–Kier alpha value is -3.43. The lowest BCUT2D eigenvalue weighted by Crippen LogP contribution is -2.47. The van der Waals surface area contributed by atoms with E-state index in [0.29, 0.717) is 5.82 Å². The summed E-state index contributed by atoms with van der Waals surface area (Å²) in [4.78, 5) is 25.1. The summed E-state index contributed by atoms with van der Waals surface area (Å²) in [5.41, 5.74) is 3.44. The van der Waals surface area contributed by atoms with Gasteiger partial charge in [-0.1, -0.05) is 18.2 Å². The van der Waals surface area contributed by atoms with E-state index in [1.807, 2.05) is 0 Å². The number of hydrogen-bond acceptors (Lipinski definition) is 12. The molecule has 1 aromatic carbocycles. The number of nitrogen functional groups attached to an aromatic ring is 1. The van der Waals surface area contributed by atoms with E-state index in [-0.39, 0.29) is 28.9 Å². The lowest BCUT2D eigenvalue weighted by molar-refractivity contribution is -0.202. The number of hydrogen-bond donors (Lipinski definition) is 4. The topological polar surface area (TPSA) is 185 Å². The predicted octanol–water partition coefficient (Wildman–Crippen LogP) is 3.79. The van der Waals surface area contributed by atoms with E-state index in [9.17, 15) is 14.5 Å². The Balaban J connectivity index is 1.39. The van der Waals surface area contributed by atoms with E-state index in [4.69, 9.17) is 24.3 Å². The molecule has 5 rings (SSSR count). The van der Waals surface area contributed by atoms with Crippen molar-refractivity contribution in [2.75, 3.05) is 17.7 Å². The first-order chi connectivity index (χ1) is 20.7. The number of benzene rings is 1. The van der Waals surface area contributed by atoms with Gasteiger partial charge in [-0.25, -0.2) is 18.3 Å². The van der Waals surface area contributed by atoms with Gasteiger partial charge >= 0.3 is 13.7 Å². The molecule has 0 bridgehead atoms. The van der Waals surface area contributed by atoms with Gasteiger partial charge in [-0.05, 0) is 59.1 Å². The minimum Gasteiger partial charge on any atom is -0.462 e. The molecule has 240 valence electrons. The standard InChI is InChI=1S/C27H36F2N7O7P/c1-15(2)41-22(37)16(3)35-44(39,43-18-11-6-5-7-12-18)40-13-27(29)23(38)26(4,28)24(42-27)36-14-31-19-20(32-17-9-8-10-17)33-25(30)34-21(19)36/h5-7,11-12,14-17,23-24,38H,8-10,13H2,1-4H3,(H,35,39)(H3,30,32,33,34)/t16-,23-,24+,26+,27+,44?/m0/s1. The third kappa shape index (κ3) is 6.49. The summed E-state index contributed by atoms with van der Waals surface area (Å²) < 4.78 is 68.9. The smallest absolute Gasteiger partial charge is 0.459 e. The summed E-state index contributed by atoms with van der Waals surface area (Å²) in [6, 6.07) is 6.73. The number of halogens is 2. The van der Waals surface area contributed by atoms with Crippen molar-refractivity contribution in [2.24, 2.45) is 0 Å². The van der Waals surface area contributed by atoms with Crippen LogP contribution >= 0.6 is 7.75 Å². The average Bonchev–Trinajstić information content (AvgIpc) is 3.42. The number of aromatic nitrogens is 4. The van der Waals surface area contributed by atoms with E-state index < -0.39 is 56.3 Å². The Labute approximate surface area is 252 Å². The first-order valence-corrected chi connectivity index (χ1v) is 15.7. The number of aliphatic hydroxyl groups is 1. The highest BCUT2D eigenvalue weighted by molar-refractivity contribution is 7.52. The first-order valence-electron chi connectivity index (χ1n) is 14.2. The molecule has 14 nitrogen and oxygen atoms in total. The summed E-state index contributed by atoms with van der Waals surface area (Å²) in [5.74, 6) is -3.75. The number of rotatable bonds is 12. The molecule has 1 unspecified atom stereocenters. The average molecular weight is 640 g/mol. The lowest BCUT2D eigenvalue weighted by atomic mass is 9.93. The SMILES string of the molecule is CC(C)OC(=O)[C@H](C)NP(=O)(OC[C@@]1(F)O[C@@H](n2cnc3c(NC4CCC4)nc(N)nc32)[C@](C)(F)[C@@H]1O)Oc1ccccc1. The highest BCUT2D eigenvalue weighted by atomic mass is 31.2. The maximum absolute atomic E-state index is 16.3. The second kappa shape index (κ2) is 12.2. The van der Waals surface area contributed by atoms with Crippen molar-refractivity contribution in [2.45, 2.75) is 89.0 Å². The molecule has 5 N–H and O–H groups in total. The second-order valence-electron chi connectivity index (χ2n) is 11.3. The van der Waals surface area contributed by atoms with E-state index in [0.717, 1.165) is 30.8 Å². The number of anilines is 2. The molecule has 44 heavy (non-hydrogen) atoms.